The molecular weight excluding hydrogens is 338 g/mol. The zero-order chi connectivity index (χ0) is 17.2. The molecule has 0 heterocycles. The van der Waals surface area contributed by atoms with Crippen molar-refractivity contribution in [1.82, 2.24) is 0 Å². The van der Waals surface area contributed by atoms with E-state index in [9.17, 15) is 4.79 Å². The molecule has 2 aromatic carbocycles. The maximum atomic E-state index is 12.0. The van der Waals surface area contributed by atoms with E-state index in [0.717, 1.165) is 36.3 Å². The highest BCUT2D eigenvalue weighted by Gasteiger charge is 2.15. The molecule has 0 aromatic heterocycles. The lowest BCUT2D eigenvalue weighted by Crippen LogP contribution is -2.34. The van der Waals surface area contributed by atoms with E-state index in [0.29, 0.717) is 6.42 Å². The Morgan fingerprint density at radius 2 is 1.72 bits per heavy atom. The molecule has 5 heteroatoms. The molecule has 2 aromatic rings. The van der Waals surface area contributed by atoms with Crippen LogP contribution in [0.15, 0.2) is 54.6 Å². The molecule has 2 rings (SSSR count). The molecule has 0 aliphatic carbocycles. The van der Waals surface area contributed by atoms with Crippen molar-refractivity contribution < 1.29 is 14.3 Å². The zero-order valence-corrected chi connectivity index (χ0v) is 15.3. The van der Waals surface area contributed by atoms with Gasteiger partial charge in [0.25, 0.3) is 0 Å². The number of hydrogen-bond acceptors (Lipinski definition) is 4. The molecule has 136 valence electrons. The van der Waals surface area contributed by atoms with Gasteiger partial charge in [-0.05, 0) is 36.1 Å². The van der Waals surface area contributed by atoms with E-state index in [2.05, 4.69) is 6.92 Å². The van der Waals surface area contributed by atoms with Gasteiger partial charge in [0.05, 0.1) is 6.61 Å². The SMILES string of the molecule is CCCCOc1ccc(C[C@H](N)C(=O)OCc2ccccc2)cc1.Cl. The van der Waals surface area contributed by atoms with Gasteiger partial charge in [-0.15, -0.1) is 12.4 Å². The molecule has 2 N–H and O–H groups in total. The summed E-state index contributed by atoms with van der Waals surface area (Å²) >= 11 is 0. The Morgan fingerprint density at radius 3 is 2.36 bits per heavy atom. The quantitative estimate of drug-likeness (QED) is 0.542. The van der Waals surface area contributed by atoms with Crippen molar-refractivity contribution in [3.8, 4) is 5.75 Å². The van der Waals surface area contributed by atoms with Crippen molar-refractivity contribution in [2.24, 2.45) is 5.73 Å². The number of nitrogens with two attached hydrogens (primary N) is 1. The zero-order valence-electron chi connectivity index (χ0n) is 14.5. The molecule has 0 saturated heterocycles. The maximum Gasteiger partial charge on any atom is 0.323 e. The molecule has 25 heavy (non-hydrogen) atoms. The first-order valence-corrected chi connectivity index (χ1v) is 8.37. The number of halogens is 1. The highest BCUT2D eigenvalue weighted by molar-refractivity contribution is 5.85. The minimum absolute atomic E-state index is 0. The highest BCUT2D eigenvalue weighted by Crippen LogP contribution is 2.14. The van der Waals surface area contributed by atoms with E-state index < -0.39 is 6.04 Å². The number of carbonyl (C=O) groups excluding carboxylic acids is 1. The predicted octanol–water partition coefficient (Wildman–Crippen LogP) is 3.90. The van der Waals surface area contributed by atoms with E-state index in [1.165, 1.54) is 0 Å². The minimum Gasteiger partial charge on any atom is -0.494 e. The minimum atomic E-state index is -0.666. The first kappa shape index (κ1) is 21.0. The Morgan fingerprint density at radius 1 is 1.04 bits per heavy atom. The second kappa shape index (κ2) is 11.5. The summed E-state index contributed by atoms with van der Waals surface area (Å²) in [6.45, 7) is 3.10. The molecular formula is C20H26ClNO3. The van der Waals surface area contributed by atoms with Crippen LogP contribution in [0.4, 0.5) is 0 Å². The van der Waals surface area contributed by atoms with E-state index in [-0.39, 0.29) is 25.0 Å². The van der Waals surface area contributed by atoms with Crippen LogP contribution in [0.5, 0.6) is 5.75 Å². The summed E-state index contributed by atoms with van der Waals surface area (Å²) < 4.78 is 10.9. The van der Waals surface area contributed by atoms with Gasteiger partial charge in [0.1, 0.15) is 18.4 Å². The average molecular weight is 364 g/mol. The van der Waals surface area contributed by atoms with Gasteiger partial charge in [-0.25, -0.2) is 0 Å². The van der Waals surface area contributed by atoms with Crippen molar-refractivity contribution >= 4 is 18.4 Å². The molecule has 1 atom stereocenters. The molecule has 0 aliphatic rings. The fourth-order valence-electron chi connectivity index (χ4n) is 2.23. The normalized spacial score (nSPS) is 11.3. The van der Waals surface area contributed by atoms with Gasteiger partial charge in [0.2, 0.25) is 0 Å². The number of rotatable bonds is 9. The number of esters is 1. The van der Waals surface area contributed by atoms with E-state index >= 15 is 0 Å². The highest BCUT2D eigenvalue weighted by atomic mass is 35.5. The number of unbranched alkanes of at least 4 members (excludes halogenated alkanes) is 1. The third-order valence-electron chi connectivity index (χ3n) is 3.67. The monoisotopic (exact) mass is 363 g/mol. The van der Waals surface area contributed by atoms with Crippen molar-refractivity contribution in [2.75, 3.05) is 6.61 Å². The van der Waals surface area contributed by atoms with Gasteiger partial charge in [0, 0.05) is 0 Å². The summed E-state index contributed by atoms with van der Waals surface area (Å²) in [6.07, 6.45) is 2.60. The van der Waals surface area contributed by atoms with Crippen LogP contribution in [0.3, 0.4) is 0 Å². The number of ether oxygens (including phenoxy) is 2. The third-order valence-corrected chi connectivity index (χ3v) is 3.67. The van der Waals surface area contributed by atoms with Crippen molar-refractivity contribution in [1.29, 1.82) is 0 Å². The lowest BCUT2D eigenvalue weighted by atomic mass is 10.1. The van der Waals surface area contributed by atoms with Crippen LogP contribution in [0.25, 0.3) is 0 Å². The molecule has 0 fully saturated rings. The van der Waals surface area contributed by atoms with Gasteiger partial charge in [-0.3, -0.25) is 4.79 Å². The van der Waals surface area contributed by atoms with Gasteiger partial charge in [-0.2, -0.15) is 0 Å². The lowest BCUT2D eigenvalue weighted by Gasteiger charge is -2.12. The fourth-order valence-corrected chi connectivity index (χ4v) is 2.23. The molecule has 0 unspecified atom stereocenters. The molecule has 0 bridgehead atoms. The summed E-state index contributed by atoms with van der Waals surface area (Å²) in [6, 6.07) is 16.6. The van der Waals surface area contributed by atoms with Crippen LogP contribution in [-0.2, 0) is 22.6 Å². The Balaban J connectivity index is 0.00000312. The topological polar surface area (TPSA) is 61.5 Å². The standard InChI is InChI=1S/C20H25NO3.ClH/c1-2-3-13-23-18-11-9-16(10-12-18)14-19(21)20(22)24-15-17-7-5-4-6-8-17;/h4-12,19H,2-3,13-15,21H2,1H3;1H/t19-;/m0./s1. The molecule has 0 spiro atoms. The molecule has 0 radical (unpaired) electrons. The second-order valence-electron chi connectivity index (χ2n) is 5.75. The summed E-state index contributed by atoms with van der Waals surface area (Å²) in [4.78, 5) is 12.0. The van der Waals surface area contributed by atoms with Crippen LogP contribution in [-0.4, -0.2) is 18.6 Å². The van der Waals surface area contributed by atoms with Crippen LogP contribution < -0.4 is 10.5 Å². The van der Waals surface area contributed by atoms with Crippen LogP contribution >= 0.6 is 12.4 Å². The van der Waals surface area contributed by atoms with Crippen molar-refractivity contribution in [2.45, 2.75) is 38.8 Å². The van der Waals surface area contributed by atoms with Crippen LogP contribution in [0, 0.1) is 0 Å². The van der Waals surface area contributed by atoms with E-state index in [4.69, 9.17) is 15.2 Å². The number of benzene rings is 2. The lowest BCUT2D eigenvalue weighted by molar-refractivity contribution is -0.146. The van der Waals surface area contributed by atoms with Gasteiger partial charge < -0.3 is 15.2 Å². The summed E-state index contributed by atoms with van der Waals surface area (Å²) in [5.41, 5.74) is 7.88. The fraction of sp³-hybridized carbons (Fsp3) is 0.350. The smallest absolute Gasteiger partial charge is 0.323 e. The molecule has 0 aliphatic heterocycles. The first-order valence-electron chi connectivity index (χ1n) is 8.37. The predicted molar refractivity (Wildman–Crippen MR) is 102 cm³/mol. The van der Waals surface area contributed by atoms with Crippen LogP contribution in [0.2, 0.25) is 0 Å². The second-order valence-corrected chi connectivity index (χ2v) is 5.75. The maximum absolute atomic E-state index is 12.0. The van der Waals surface area contributed by atoms with Crippen molar-refractivity contribution in [3.63, 3.8) is 0 Å². The molecule has 0 saturated carbocycles. The summed E-state index contributed by atoms with van der Waals surface area (Å²) in [5, 5.41) is 0. The third kappa shape index (κ3) is 7.59. The van der Waals surface area contributed by atoms with E-state index in [1.54, 1.807) is 0 Å². The Bertz CT molecular complexity index is 617. The average Bonchev–Trinajstić information content (AvgIpc) is 2.62. The van der Waals surface area contributed by atoms with E-state index in [1.807, 2.05) is 54.6 Å². The summed E-state index contributed by atoms with van der Waals surface area (Å²) in [5.74, 6) is 0.453. The Hall–Kier alpha value is -2.04. The van der Waals surface area contributed by atoms with Crippen LogP contribution in [0.1, 0.15) is 30.9 Å². The number of carbonyl (C=O) groups is 1. The van der Waals surface area contributed by atoms with Gasteiger partial charge in [-0.1, -0.05) is 55.8 Å². The van der Waals surface area contributed by atoms with Crippen molar-refractivity contribution in [3.05, 3.63) is 65.7 Å². The molecule has 0 amide bonds. The van der Waals surface area contributed by atoms with Gasteiger partial charge in [0.15, 0.2) is 0 Å². The number of hydrogen-bond donors (Lipinski definition) is 1. The largest absolute Gasteiger partial charge is 0.494 e. The Kier molecular flexibility index (Phi) is 9.66. The molecule has 4 nitrogen and oxygen atoms in total. The Labute approximate surface area is 155 Å². The summed E-state index contributed by atoms with van der Waals surface area (Å²) in [7, 11) is 0. The first-order chi connectivity index (χ1) is 11.7. The van der Waals surface area contributed by atoms with Gasteiger partial charge >= 0.3 is 5.97 Å².